The number of aliphatic imine (C=N–C) groups is 1. The van der Waals surface area contributed by atoms with Crippen molar-refractivity contribution in [2.24, 2.45) is 4.99 Å². The van der Waals surface area contributed by atoms with Gasteiger partial charge in [0.1, 0.15) is 29.6 Å². The number of furan rings is 1. The number of amidine groups is 1. The van der Waals surface area contributed by atoms with Gasteiger partial charge in [-0.15, -0.1) is 0 Å². The zero-order valence-corrected chi connectivity index (χ0v) is 10.6. The summed E-state index contributed by atoms with van der Waals surface area (Å²) in [4.78, 5) is 15.9. The third-order valence-corrected chi connectivity index (χ3v) is 2.69. The number of nitrogens with zero attached hydrogens (tertiary/aromatic N) is 1. The third-order valence-electron chi connectivity index (χ3n) is 2.69. The van der Waals surface area contributed by atoms with Gasteiger partial charge in [-0.1, -0.05) is 18.2 Å². The van der Waals surface area contributed by atoms with Crippen molar-refractivity contribution >= 4 is 17.8 Å². The van der Waals surface area contributed by atoms with Crippen LogP contribution < -0.4 is 10.1 Å². The Kier molecular flexibility index (Phi) is 3.33. The van der Waals surface area contributed by atoms with Crippen LogP contribution in [0, 0.1) is 0 Å². The molecule has 2 aromatic rings. The van der Waals surface area contributed by atoms with Crippen molar-refractivity contribution in [1.29, 1.82) is 0 Å². The van der Waals surface area contributed by atoms with Gasteiger partial charge < -0.3 is 14.5 Å². The lowest BCUT2D eigenvalue weighted by molar-refractivity contribution is -0.115. The van der Waals surface area contributed by atoms with E-state index < -0.39 is 0 Å². The monoisotopic (exact) mass is 268 g/mol. The van der Waals surface area contributed by atoms with Gasteiger partial charge in [0.15, 0.2) is 0 Å². The van der Waals surface area contributed by atoms with Gasteiger partial charge in [0.25, 0.3) is 5.91 Å². The van der Waals surface area contributed by atoms with Crippen LogP contribution in [0.4, 0.5) is 0 Å². The molecule has 0 bridgehead atoms. The number of nitrogens with one attached hydrogen (secondary N) is 1. The van der Waals surface area contributed by atoms with E-state index in [1.807, 2.05) is 30.3 Å². The standard InChI is InChI=1S/C15H12N2O3/c18-15-13(9-12-7-4-8-19-12)16-14(17-15)10-20-11-5-2-1-3-6-11/h1-9H,10H2,(H,16,17,18)/b13-9+. The van der Waals surface area contributed by atoms with Gasteiger partial charge in [-0.25, -0.2) is 4.99 Å². The van der Waals surface area contributed by atoms with E-state index >= 15 is 0 Å². The number of ether oxygens (including phenoxy) is 1. The fraction of sp³-hybridized carbons (Fsp3) is 0.0667. The molecule has 1 aliphatic heterocycles. The molecule has 0 spiro atoms. The second kappa shape index (κ2) is 5.44. The highest BCUT2D eigenvalue weighted by Gasteiger charge is 2.20. The summed E-state index contributed by atoms with van der Waals surface area (Å²) in [7, 11) is 0. The summed E-state index contributed by atoms with van der Waals surface area (Å²) < 4.78 is 10.7. The highest BCUT2D eigenvalue weighted by Crippen LogP contribution is 2.13. The van der Waals surface area contributed by atoms with E-state index in [4.69, 9.17) is 9.15 Å². The Morgan fingerprint density at radius 1 is 1.20 bits per heavy atom. The van der Waals surface area contributed by atoms with Crippen LogP contribution in [0.1, 0.15) is 5.76 Å². The van der Waals surface area contributed by atoms with Crippen molar-refractivity contribution in [2.75, 3.05) is 6.61 Å². The predicted octanol–water partition coefficient (Wildman–Crippen LogP) is 2.23. The summed E-state index contributed by atoms with van der Waals surface area (Å²) in [6.07, 6.45) is 3.13. The molecular formula is C15H12N2O3. The SMILES string of the molecule is O=C1NC(COc2ccccc2)=N/C1=C/c1ccco1. The summed E-state index contributed by atoms with van der Waals surface area (Å²) in [5, 5.41) is 2.66. The molecule has 5 nitrogen and oxygen atoms in total. The number of benzene rings is 1. The van der Waals surface area contributed by atoms with Crippen LogP contribution >= 0.6 is 0 Å². The lowest BCUT2D eigenvalue weighted by Crippen LogP contribution is -2.28. The van der Waals surface area contributed by atoms with Crippen molar-refractivity contribution in [3.63, 3.8) is 0 Å². The molecule has 0 atom stereocenters. The summed E-state index contributed by atoms with van der Waals surface area (Å²) in [6, 6.07) is 12.9. The first kappa shape index (κ1) is 12.2. The van der Waals surface area contributed by atoms with Crippen LogP contribution in [0.2, 0.25) is 0 Å². The number of amides is 1. The lowest BCUT2D eigenvalue weighted by Gasteiger charge is -2.04. The average Bonchev–Trinajstić information content (AvgIpc) is 3.09. The van der Waals surface area contributed by atoms with Crippen molar-refractivity contribution in [3.8, 4) is 5.75 Å². The lowest BCUT2D eigenvalue weighted by atomic mass is 10.3. The Hall–Kier alpha value is -2.82. The molecule has 5 heteroatoms. The number of rotatable bonds is 4. The van der Waals surface area contributed by atoms with E-state index in [-0.39, 0.29) is 12.5 Å². The van der Waals surface area contributed by atoms with Gasteiger partial charge in [-0.3, -0.25) is 4.79 Å². The van der Waals surface area contributed by atoms with Crippen molar-refractivity contribution in [1.82, 2.24) is 5.32 Å². The Morgan fingerprint density at radius 2 is 2.05 bits per heavy atom. The number of para-hydroxylation sites is 1. The zero-order chi connectivity index (χ0) is 13.8. The first-order valence-electron chi connectivity index (χ1n) is 6.13. The van der Waals surface area contributed by atoms with Crippen LogP contribution in [0.15, 0.2) is 63.8 Å². The van der Waals surface area contributed by atoms with Gasteiger partial charge >= 0.3 is 0 Å². The van der Waals surface area contributed by atoms with E-state index in [1.54, 1.807) is 24.5 Å². The van der Waals surface area contributed by atoms with E-state index in [2.05, 4.69) is 10.3 Å². The van der Waals surface area contributed by atoms with E-state index in [0.29, 0.717) is 17.3 Å². The highest BCUT2D eigenvalue weighted by molar-refractivity contribution is 6.14. The third kappa shape index (κ3) is 2.77. The smallest absolute Gasteiger partial charge is 0.275 e. The quantitative estimate of drug-likeness (QED) is 0.865. The van der Waals surface area contributed by atoms with E-state index in [0.717, 1.165) is 5.75 Å². The molecule has 1 N–H and O–H groups in total. The van der Waals surface area contributed by atoms with E-state index in [9.17, 15) is 4.79 Å². The first-order chi connectivity index (χ1) is 9.81. The summed E-state index contributed by atoms with van der Waals surface area (Å²) in [6.45, 7) is 0.214. The zero-order valence-electron chi connectivity index (χ0n) is 10.6. The van der Waals surface area contributed by atoms with Gasteiger partial charge in [-0.05, 0) is 24.3 Å². The molecule has 20 heavy (non-hydrogen) atoms. The van der Waals surface area contributed by atoms with Crippen LogP contribution in [0.3, 0.4) is 0 Å². The molecule has 1 amide bonds. The molecule has 0 aliphatic carbocycles. The van der Waals surface area contributed by atoms with Crippen molar-refractivity contribution in [3.05, 3.63) is 60.2 Å². The molecule has 0 radical (unpaired) electrons. The number of carbonyl (C=O) groups excluding carboxylic acids is 1. The molecule has 0 unspecified atom stereocenters. The van der Waals surface area contributed by atoms with Gasteiger partial charge in [-0.2, -0.15) is 0 Å². The minimum absolute atomic E-state index is 0.214. The Labute approximate surface area is 115 Å². The maximum Gasteiger partial charge on any atom is 0.275 e. The molecule has 100 valence electrons. The molecule has 3 rings (SSSR count). The number of carbonyl (C=O) groups is 1. The first-order valence-corrected chi connectivity index (χ1v) is 6.13. The molecular weight excluding hydrogens is 256 g/mol. The fourth-order valence-corrected chi connectivity index (χ4v) is 1.76. The maximum absolute atomic E-state index is 11.7. The molecule has 1 aliphatic rings. The van der Waals surface area contributed by atoms with Crippen LogP contribution in [-0.4, -0.2) is 18.3 Å². The van der Waals surface area contributed by atoms with Gasteiger partial charge in [0, 0.05) is 6.08 Å². The number of hydrogen-bond donors (Lipinski definition) is 1. The molecule has 2 heterocycles. The summed E-state index contributed by atoms with van der Waals surface area (Å²) >= 11 is 0. The highest BCUT2D eigenvalue weighted by atomic mass is 16.5. The van der Waals surface area contributed by atoms with Crippen LogP contribution in [0.25, 0.3) is 6.08 Å². The molecule has 0 saturated carbocycles. The predicted molar refractivity (Wildman–Crippen MR) is 74.2 cm³/mol. The summed E-state index contributed by atoms with van der Waals surface area (Å²) in [5.74, 6) is 1.54. The second-order valence-electron chi connectivity index (χ2n) is 4.16. The van der Waals surface area contributed by atoms with E-state index in [1.165, 1.54) is 0 Å². The number of hydrogen-bond acceptors (Lipinski definition) is 4. The van der Waals surface area contributed by atoms with Gasteiger partial charge in [0.05, 0.1) is 6.26 Å². The molecule has 0 fully saturated rings. The maximum atomic E-state index is 11.7. The van der Waals surface area contributed by atoms with Crippen LogP contribution in [-0.2, 0) is 4.79 Å². The summed E-state index contributed by atoms with van der Waals surface area (Å²) in [5.41, 5.74) is 0.312. The van der Waals surface area contributed by atoms with Crippen molar-refractivity contribution < 1.29 is 13.9 Å². The minimum Gasteiger partial charge on any atom is -0.486 e. The van der Waals surface area contributed by atoms with Crippen molar-refractivity contribution in [2.45, 2.75) is 0 Å². The topological polar surface area (TPSA) is 63.8 Å². The largest absolute Gasteiger partial charge is 0.486 e. The Balaban J connectivity index is 1.68. The minimum atomic E-state index is -0.256. The Bertz CT molecular complexity index is 658. The molecule has 1 aromatic carbocycles. The van der Waals surface area contributed by atoms with Crippen LogP contribution in [0.5, 0.6) is 5.75 Å². The second-order valence-corrected chi connectivity index (χ2v) is 4.16. The average molecular weight is 268 g/mol. The van der Waals surface area contributed by atoms with Gasteiger partial charge in [0.2, 0.25) is 0 Å². The molecule has 1 aromatic heterocycles. The Morgan fingerprint density at radius 3 is 2.80 bits per heavy atom. The fourth-order valence-electron chi connectivity index (χ4n) is 1.76. The normalized spacial score (nSPS) is 16.1. The molecule has 0 saturated heterocycles.